The number of ketones is 1. The highest BCUT2D eigenvalue weighted by Crippen LogP contribution is 2.43. The first-order valence-corrected chi connectivity index (χ1v) is 10.9. The summed E-state index contributed by atoms with van der Waals surface area (Å²) in [6.07, 6.45) is -3.97. The molecule has 2 aromatic carbocycles. The fourth-order valence-corrected chi connectivity index (χ4v) is 5.11. The number of nitrogens with one attached hydrogen (secondary N) is 1. The van der Waals surface area contributed by atoms with Crippen LogP contribution in [-0.4, -0.2) is 36.1 Å². The van der Waals surface area contributed by atoms with Crippen LogP contribution in [0, 0.1) is 19.7 Å². The third-order valence-electron chi connectivity index (χ3n) is 6.80. The number of hydrogen-bond acceptors (Lipinski definition) is 3. The quantitative estimate of drug-likeness (QED) is 0.504. The largest absolute Gasteiger partial charge is 0.411 e. The number of Topliss-reactive ketones (excluding diaryl/α,β-unsaturated/α-hetero) is 1. The van der Waals surface area contributed by atoms with Gasteiger partial charge in [0, 0.05) is 0 Å². The summed E-state index contributed by atoms with van der Waals surface area (Å²) in [7, 11) is 0. The van der Waals surface area contributed by atoms with Gasteiger partial charge in [0.25, 0.3) is 0 Å². The van der Waals surface area contributed by atoms with Gasteiger partial charge in [0.2, 0.25) is 5.91 Å². The highest BCUT2D eigenvalue weighted by molar-refractivity contribution is 6.17. The average molecular weight is 463 g/mol. The molecular weight excluding hydrogens is 438 g/mol. The van der Waals surface area contributed by atoms with Crippen molar-refractivity contribution >= 4 is 11.7 Å². The van der Waals surface area contributed by atoms with Crippen molar-refractivity contribution in [3.63, 3.8) is 0 Å². The molecule has 1 saturated heterocycles. The summed E-state index contributed by atoms with van der Waals surface area (Å²) in [5, 5.41) is 2.87. The van der Waals surface area contributed by atoms with Crippen molar-refractivity contribution in [2.75, 3.05) is 6.61 Å². The first-order chi connectivity index (χ1) is 15.5. The molecule has 1 aliphatic carbocycles. The molecule has 1 atom stereocenters. The molecule has 0 aromatic heterocycles. The molecule has 1 N–H and O–H groups in total. The predicted octanol–water partition coefficient (Wildman–Crippen LogP) is 5.15. The van der Waals surface area contributed by atoms with Gasteiger partial charge in [-0.05, 0) is 79.5 Å². The molecule has 1 aliphatic heterocycles. The number of hydrogen-bond donors (Lipinski definition) is 1. The molecule has 0 bridgehead atoms. The van der Waals surface area contributed by atoms with E-state index in [4.69, 9.17) is 4.74 Å². The Hall–Kier alpha value is -2.74. The lowest BCUT2D eigenvalue weighted by Gasteiger charge is -2.36. The second-order valence-corrected chi connectivity index (χ2v) is 8.97. The molecule has 8 heteroatoms. The SMILES string of the molecule is Cc1ccc(-c2ccc(F)cc2)c(C)c1C1C(=O)NC2(CCC(OCC(F)(F)F)CC2)C1=O. The molecule has 1 amide bonds. The number of alkyl halides is 3. The summed E-state index contributed by atoms with van der Waals surface area (Å²) in [5.74, 6) is -1.98. The Morgan fingerprint density at radius 1 is 1.03 bits per heavy atom. The smallest absolute Gasteiger partial charge is 0.369 e. The maximum absolute atomic E-state index is 13.6. The zero-order chi connectivity index (χ0) is 24.0. The van der Waals surface area contributed by atoms with E-state index in [0.29, 0.717) is 5.56 Å². The zero-order valence-electron chi connectivity index (χ0n) is 18.4. The lowest BCUT2D eigenvalue weighted by molar-refractivity contribution is -0.189. The maximum atomic E-state index is 13.6. The summed E-state index contributed by atoms with van der Waals surface area (Å²) < 4.78 is 55.7. The Morgan fingerprint density at radius 3 is 2.27 bits per heavy atom. The minimum Gasteiger partial charge on any atom is -0.369 e. The third-order valence-corrected chi connectivity index (χ3v) is 6.80. The molecule has 0 radical (unpaired) electrons. The van der Waals surface area contributed by atoms with E-state index in [-0.39, 0.29) is 37.3 Å². The van der Waals surface area contributed by atoms with E-state index in [9.17, 15) is 27.2 Å². The number of aryl methyl sites for hydroxylation is 1. The molecule has 2 aliphatic rings. The number of carbonyl (C=O) groups is 2. The molecule has 2 fully saturated rings. The molecule has 2 aromatic rings. The van der Waals surface area contributed by atoms with Crippen LogP contribution in [-0.2, 0) is 14.3 Å². The van der Waals surface area contributed by atoms with Crippen molar-refractivity contribution in [3.8, 4) is 11.1 Å². The Kier molecular flexibility index (Phi) is 6.07. The number of ether oxygens (including phenoxy) is 1. The van der Waals surface area contributed by atoms with Gasteiger partial charge in [-0.2, -0.15) is 13.2 Å². The lowest BCUT2D eigenvalue weighted by Crippen LogP contribution is -2.50. The zero-order valence-corrected chi connectivity index (χ0v) is 18.4. The highest BCUT2D eigenvalue weighted by atomic mass is 19.4. The number of amides is 1. The van der Waals surface area contributed by atoms with Gasteiger partial charge >= 0.3 is 6.18 Å². The fourth-order valence-electron chi connectivity index (χ4n) is 5.11. The molecule has 1 heterocycles. The summed E-state index contributed by atoms with van der Waals surface area (Å²) in [5.41, 5.74) is 2.71. The van der Waals surface area contributed by atoms with E-state index in [0.717, 1.165) is 22.3 Å². The number of rotatable bonds is 4. The molecule has 1 spiro atoms. The van der Waals surface area contributed by atoms with Crippen molar-refractivity contribution < 1.29 is 31.9 Å². The van der Waals surface area contributed by atoms with Crippen LogP contribution in [0.25, 0.3) is 11.1 Å². The normalized spacial score (nSPS) is 25.5. The number of benzene rings is 2. The molecule has 1 unspecified atom stereocenters. The molecular formula is C25H25F4NO3. The molecule has 176 valence electrons. The van der Waals surface area contributed by atoms with Crippen molar-refractivity contribution in [1.29, 1.82) is 0 Å². The van der Waals surface area contributed by atoms with Gasteiger partial charge in [0.15, 0.2) is 5.78 Å². The molecule has 4 rings (SSSR count). The van der Waals surface area contributed by atoms with Gasteiger partial charge in [-0.25, -0.2) is 4.39 Å². The Labute approximate surface area is 189 Å². The van der Waals surface area contributed by atoms with E-state index >= 15 is 0 Å². The second kappa shape index (κ2) is 8.56. The van der Waals surface area contributed by atoms with Crippen LogP contribution >= 0.6 is 0 Å². The number of carbonyl (C=O) groups excluding carboxylic acids is 2. The summed E-state index contributed by atoms with van der Waals surface area (Å²) in [4.78, 5) is 26.6. The van der Waals surface area contributed by atoms with Gasteiger partial charge in [-0.1, -0.05) is 24.3 Å². The van der Waals surface area contributed by atoms with E-state index in [1.807, 2.05) is 26.0 Å². The van der Waals surface area contributed by atoms with Crippen LogP contribution in [0.2, 0.25) is 0 Å². The van der Waals surface area contributed by atoms with Crippen LogP contribution in [0.3, 0.4) is 0 Å². The first kappa shape index (κ1) is 23.4. The Bertz CT molecular complexity index is 1070. The Balaban J connectivity index is 1.59. The van der Waals surface area contributed by atoms with Gasteiger partial charge in [0.1, 0.15) is 18.3 Å². The van der Waals surface area contributed by atoms with E-state index in [1.54, 1.807) is 12.1 Å². The summed E-state index contributed by atoms with van der Waals surface area (Å²) in [6.45, 7) is 2.36. The van der Waals surface area contributed by atoms with Crippen LogP contribution in [0.4, 0.5) is 17.6 Å². The van der Waals surface area contributed by atoms with E-state index in [2.05, 4.69) is 5.32 Å². The molecule has 1 saturated carbocycles. The lowest BCUT2D eigenvalue weighted by atomic mass is 9.74. The van der Waals surface area contributed by atoms with Gasteiger partial charge in [0.05, 0.1) is 11.6 Å². The standard InChI is InChI=1S/C25H25F4NO3/c1-14-3-8-19(16-4-6-17(26)7-5-16)15(2)20(14)21-22(31)24(30-23(21)32)11-9-18(10-12-24)33-13-25(27,28)29/h3-8,18,21H,9-13H2,1-2H3,(H,30,32). The second-order valence-electron chi connectivity index (χ2n) is 8.97. The predicted molar refractivity (Wildman–Crippen MR) is 114 cm³/mol. The van der Waals surface area contributed by atoms with Crippen molar-refractivity contribution in [1.82, 2.24) is 5.32 Å². The van der Waals surface area contributed by atoms with Gasteiger partial charge in [-0.3, -0.25) is 9.59 Å². The Morgan fingerprint density at radius 2 is 1.67 bits per heavy atom. The third kappa shape index (κ3) is 4.53. The van der Waals surface area contributed by atoms with Crippen LogP contribution in [0.5, 0.6) is 0 Å². The van der Waals surface area contributed by atoms with E-state index < -0.39 is 36.3 Å². The molecule has 4 nitrogen and oxygen atoms in total. The minimum absolute atomic E-state index is 0.242. The fraction of sp³-hybridized carbons (Fsp3) is 0.440. The van der Waals surface area contributed by atoms with E-state index in [1.165, 1.54) is 12.1 Å². The monoisotopic (exact) mass is 463 g/mol. The topological polar surface area (TPSA) is 55.4 Å². The van der Waals surface area contributed by atoms with Crippen LogP contribution in [0.15, 0.2) is 36.4 Å². The molecule has 33 heavy (non-hydrogen) atoms. The average Bonchev–Trinajstić information content (AvgIpc) is 2.98. The summed E-state index contributed by atoms with van der Waals surface area (Å²) >= 11 is 0. The van der Waals surface area contributed by atoms with Crippen LogP contribution in [0.1, 0.15) is 48.3 Å². The highest BCUT2D eigenvalue weighted by Gasteiger charge is 2.54. The first-order valence-electron chi connectivity index (χ1n) is 10.9. The van der Waals surface area contributed by atoms with Crippen molar-refractivity contribution in [3.05, 3.63) is 58.9 Å². The van der Waals surface area contributed by atoms with Crippen LogP contribution < -0.4 is 5.32 Å². The summed E-state index contributed by atoms with van der Waals surface area (Å²) in [6, 6.07) is 9.74. The van der Waals surface area contributed by atoms with Crippen molar-refractivity contribution in [2.24, 2.45) is 0 Å². The van der Waals surface area contributed by atoms with Crippen molar-refractivity contribution in [2.45, 2.75) is 63.3 Å². The maximum Gasteiger partial charge on any atom is 0.411 e. The number of halogens is 4. The minimum atomic E-state index is -4.40. The van der Waals surface area contributed by atoms with Gasteiger partial charge < -0.3 is 10.1 Å². The van der Waals surface area contributed by atoms with Gasteiger partial charge in [-0.15, -0.1) is 0 Å².